The highest BCUT2D eigenvalue weighted by Crippen LogP contribution is 2.16. The minimum absolute atomic E-state index is 0.00164. The van der Waals surface area contributed by atoms with E-state index in [1.54, 1.807) is 41.5 Å². The van der Waals surface area contributed by atoms with E-state index >= 15 is 0 Å². The van der Waals surface area contributed by atoms with E-state index in [9.17, 15) is 14.9 Å². The molecule has 0 atom stereocenters. The summed E-state index contributed by atoms with van der Waals surface area (Å²) in [6.45, 7) is 4.56. The second-order valence-electron chi connectivity index (χ2n) is 6.50. The summed E-state index contributed by atoms with van der Waals surface area (Å²) in [5, 5.41) is 13.8. The summed E-state index contributed by atoms with van der Waals surface area (Å²) < 4.78 is 5.35. The molecule has 1 aliphatic rings. The first kappa shape index (κ1) is 20.1. The van der Waals surface area contributed by atoms with E-state index in [0.29, 0.717) is 12.1 Å². The second-order valence-corrected chi connectivity index (χ2v) is 7.44. The normalized spacial score (nSPS) is 15.0. The molecule has 2 aromatic rings. The van der Waals surface area contributed by atoms with Gasteiger partial charge in [-0.1, -0.05) is 12.1 Å². The molecule has 0 unspecified atom stereocenters. The van der Waals surface area contributed by atoms with E-state index in [2.05, 4.69) is 9.88 Å². The zero-order chi connectivity index (χ0) is 19.9. The average molecular weight is 402 g/mol. The summed E-state index contributed by atoms with van der Waals surface area (Å²) in [6.07, 6.45) is 3.00. The van der Waals surface area contributed by atoms with Gasteiger partial charge in [0.15, 0.2) is 0 Å². The topological polar surface area (TPSA) is 88.8 Å². The summed E-state index contributed by atoms with van der Waals surface area (Å²) in [5.74, 6) is -0.186. The number of ether oxygens (including phenoxy) is 1. The lowest BCUT2D eigenvalue weighted by atomic mass is 10.2. The molecule has 0 aliphatic carbocycles. The van der Waals surface area contributed by atoms with E-state index in [1.807, 2.05) is 5.38 Å². The fourth-order valence-electron chi connectivity index (χ4n) is 2.80. The van der Waals surface area contributed by atoms with Gasteiger partial charge in [-0.15, -0.1) is 11.3 Å². The zero-order valence-corrected chi connectivity index (χ0v) is 16.4. The number of likely N-dealkylation sites (N-methyl/N-ethyl adjacent to an activating group) is 1. The largest absolute Gasteiger partial charge is 0.379 e. The number of nitrogens with zero attached hydrogens (tertiary/aromatic N) is 4. The van der Waals surface area contributed by atoms with Crippen molar-refractivity contribution in [3.8, 4) is 0 Å². The van der Waals surface area contributed by atoms with Gasteiger partial charge in [0.2, 0.25) is 5.91 Å². The predicted octanol–water partition coefficient (Wildman–Crippen LogP) is 2.56. The summed E-state index contributed by atoms with van der Waals surface area (Å²) in [4.78, 5) is 31.2. The van der Waals surface area contributed by atoms with Gasteiger partial charge in [0.05, 0.1) is 36.9 Å². The number of nitro benzene ring substituents is 1. The Morgan fingerprint density at radius 2 is 2.21 bits per heavy atom. The molecule has 2 heterocycles. The van der Waals surface area contributed by atoms with Crippen LogP contribution in [0.3, 0.4) is 0 Å². The SMILES string of the molecule is CN(Cc1csc(CN2CCOCC2)n1)C(=O)/C=C/c1cccc([N+](=O)[O-])c1. The maximum absolute atomic E-state index is 12.3. The number of rotatable bonds is 7. The molecule has 1 fully saturated rings. The zero-order valence-electron chi connectivity index (χ0n) is 15.6. The van der Waals surface area contributed by atoms with Crippen molar-refractivity contribution in [2.75, 3.05) is 33.4 Å². The Hall–Kier alpha value is -2.62. The highest BCUT2D eigenvalue weighted by molar-refractivity contribution is 7.09. The van der Waals surface area contributed by atoms with Crippen LogP contribution in [-0.2, 0) is 22.6 Å². The summed E-state index contributed by atoms with van der Waals surface area (Å²) >= 11 is 1.60. The van der Waals surface area contributed by atoms with Crippen LogP contribution in [-0.4, -0.2) is 59.0 Å². The van der Waals surface area contributed by atoms with Crippen molar-refractivity contribution in [2.45, 2.75) is 13.1 Å². The molecule has 28 heavy (non-hydrogen) atoms. The highest BCUT2D eigenvalue weighted by Gasteiger charge is 2.14. The van der Waals surface area contributed by atoms with Crippen LogP contribution in [0.2, 0.25) is 0 Å². The summed E-state index contributed by atoms with van der Waals surface area (Å²) in [7, 11) is 1.71. The molecular weight excluding hydrogens is 380 g/mol. The van der Waals surface area contributed by atoms with Crippen LogP contribution < -0.4 is 0 Å². The maximum Gasteiger partial charge on any atom is 0.270 e. The molecule has 1 aromatic carbocycles. The molecule has 8 nitrogen and oxygen atoms in total. The number of nitro groups is 1. The Bertz CT molecular complexity index is 861. The lowest BCUT2D eigenvalue weighted by Crippen LogP contribution is -2.35. The molecule has 0 spiro atoms. The molecule has 0 N–H and O–H groups in total. The number of morpholine rings is 1. The number of carbonyl (C=O) groups excluding carboxylic acids is 1. The average Bonchev–Trinajstić information content (AvgIpc) is 3.13. The van der Waals surface area contributed by atoms with E-state index < -0.39 is 4.92 Å². The van der Waals surface area contributed by atoms with Crippen molar-refractivity contribution in [1.29, 1.82) is 0 Å². The summed E-state index contributed by atoms with van der Waals surface area (Å²) in [5.41, 5.74) is 1.46. The molecule has 3 rings (SSSR count). The predicted molar refractivity (Wildman–Crippen MR) is 107 cm³/mol. The first-order chi connectivity index (χ1) is 13.5. The van der Waals surface area contributed by atoms with Gasteiger partial charge < -0.3 is 9.64 Å². The van der Waals surface area contributed by atoms with Crippen LogP contribution in [0.5, 0.6) is 0 Å². The fourth-order valence-corrected chi connectivity index (χ4v) is 3.63. The number of hydrogen-bond donors (Lipinski definition) is 0. The van der Waals surface area contributed by atoms with Gasteiger partial charge in [0, 0.05) is 43.7 Å². The number of non-ortho nitro benzene ring substituents is 1. The van der Waals surface area contributed by atoms with Crippen molar-refractivity contribution < 1.29 is 14.5 Å². The Morgan fingerprint density at radius 3 is 2.96 bits per heavy atom. The minimum atomic E-state index is -0.456. The number of hydrogen-bond acceptors (Lipinski definition) is 7. The number of thiazole rings is 1. The van der Waals surface area contributed by atoms with Crippen molar-refractivity contribution in [2.24, 2.45) is 0 Å². The Kier molecular flexibility index (Phi) is 6.85. The number of aromatic nitrogens is 1. The van der Waals surface area contributed by atoms with Crippen LogP contribution >= 0.6 is 11.3 Å². The van der Waals surface area contributed by atoms with Crippen LogP contribution in [0.1, 0.15) is 16.3 Å². The smallest absolute Gasteiger partial charge is 0.270 e. The van der Waals surface area contributed by atoms with Gasteiger partial charge in [-0.3, -0.25) is 19.8 Å². The molecule has 1 aromatic heterocycles. The molecule has 9 heteroatoms. The van der Waals surface area contributed by atoms with Gasteiger partial charge in [-0.25, -0.2) is 4.98 Å². The van der Waals surface area contributed by atoms with Crippen molar-refractivity contribution in [3.05, 3.63) is 62.1 Å². The van der Waals surface area contributed by atoms with Crippen molar-refractivity contribution in [3.63, 3.8) is 0 Å². The monoisotopic (exact) mass is 402 g/mol. The Balaban J connectivity index is 1.54. The highest BCUT2D eigenvalue weighted by atomic mass is 32.1. The van der Waals surface area contributed by atoms with Crippen LogP contribution in [0.4, 0.5) is 5.69 Å². The lowest BCUT2D eigenvalue weighted by molar-refractivity contribution is -0.384. The van der Waals surface area contributed by atoms with Crippen LogP contribution in [0.25, 0.3) is 6.08 Å². The first-order valence-electron chi connectivity index (χ1n) is 8.92. The van der Waals surface area contributed by atoms with Gasteiger partial charge >= 0.3 is 0 Å². The molecule has 0 radical (unpaired) electrons. The number of benzene rings is 1. The molecule has 1 aliphatic heterocycles. The second kappa shape index (κ2) is 9.54. The quantitative estimate of drug-likeness (QED) is 0.402. The molecule has 0 bridgehead atoms. The Labute approximate surface area is 167 Å². The van der Waals surface area contributed by atoms with E-state index in [1.165, 1.54) is 18.2 Å². The van der Waals surface area contributed by atoms with Gasteiger partial charge in [-0.2, -0.15) is 0 Å². The molecule has 1 amide bonds. The van der Waals surface area contributed by atoms with Crippen molar-refractivity contribution in [1.82, 2.24) is 14.8 Å². The van der Waals surface area contributed by atoms with Gasteiger partial charge in [0.25, 0.3) is 5.69 Å². The third kappa shape index (κ3) is 5.69. The van der Waals surface area contributed by atoms with Gasteiger partial charge in [-0.05, 0) is 11.6 Å². The first-order valence-corrected chi connectivity index (χ1v) is 9.80. The number of carbonyl (C=O) groups is 1. The van der Waals surface area contributed by atoms with Gasteiger partial charge in [0.1, 0.15) is 5.01 Å². The Morgan fingerprint density at radius 1 is 1.43 bits per heavy atom. The summed E-state index contributed by atoms with van der Waals surface area (Å²) in [6, 6.07) is 6.16. The third-order valence-electron chi connectivity index (χ3n) is 4.34. The minimum Gasteiger partial charge on any atom is -0.379 e. The van der Waals surface area contributed by atoms with E-state index in [4.69, 9.17) is 4.74 Å². The number of amides is 1. The third-order valence-corrected chi connectivity index (χ3v) is 5.22. The lowest BCUT2D eigenvalue weighted by Gasteiger charge is -2.25. The molecule has 148 valence electrons. The standard InChI is InChI=1S/C19H22N4O4S/c1-21(19(24)6-5-15-3-2-4-17(11-15)23(25)26)12-16-14-28-18(20-16)13-22-7-9-27-10-8-22/h2-6,11,14H,7-10,12-13H2,1H3/b6-5+. The van der Waals surface area contributed by atoms with Crippen LogP contribution in [0.15, 0.2) is 35.7 Å². The molecular formula is C19H22N4O4S. The van der Waals surface area contributed by atoms with E-state index in [0.717, 1.165) is 43.5 Å². The van der Waals surface area contributed by atoms with Crippen molar-refractivity contribution >= 4 is 29.0 Å². The molecule has 0 saturated carbocycles. The maximum atomic E-state index is 12.3. The fraction of sp³-hybridized carbons (Fsp3) is 0.368. The molecule has 1 saturated heterocycles. The van der Waals surface area contributed by atoms with Crippen LogP contribution in [0, 0.1) is 10.1 Å². The van der Waals surface area contributed by atoms with E-state index in [-0.39, 0.29) is 11.6 Å².